The van der Waals surface area contributed by atoms with Crippen LogP contribution in [0.15, 0.2) is 22.8 Å². The van der Waals surface area contributed by atoms with E-state index in [1.807, 2.05) is 13.0 Å². The third-order valence-electron chi connectivity index (χ3n) is 2.35. The zero-order valence-corrected chi connectivity index (χ0v) is 9.94. The summed E-state index contributed by atoms with van der Waals surface area (Å²) < 4.78 is 14.4. The number of hydrogen-bond donors (Lipinski definition) is 2. The van der Waals surface area contributed by atoms with Crippen molar-refractivity contribution >= 4 is 26.8 Å². The van der Waals surface area contributed by atoms with Crippen LogP contribution in [-0.2, 0) is 6.42 Å². The Morgan fingerprint density at radius 1 is 1.53 bits per heavy atom. The molecule has 3 N–H and O–H groups in total. The van der Waals surface area contributed by atoms with E-state index in [2.05, 4.69) is 20.9 Å². The Morgan fingerprint density at radius 3 is 2.93 bits per heavy atom. The highest BCUT2D eigenvalue weighted by Crippen LogP contribution is 2.29. The van der Waals surface area contributed by atoms with Gasteiger partial charge in [-0.2, -0.15) is 0 Å². The van der Waals surface area contributed by atoms with Gasteiger partial charge in [-0.15, -0.1) is 0 Å². The minimum atomic E-state index is -0.204. The molecule has 0 aliphatic carbocycles. The molecule has 0 spiro atoms. The predicted molar refractivity (Wildman–Crippen MR) is 63.3 cm³/mol. The Labute approximate surface area is 95.8 Å². The summed E-state index contributed by atoms with van der Waals surface area (Å²) in [5, 5.41) is 0.640. The van der Waals surface area contributed by atoms with Crippen LogP contribution in [0.2, 0.25) is 0 Å². The minimum absolute atomic E-state index is 0.0138. The van der Waals surface area contributed by atoms with Crippen LogP contribution >= 0.6 is 15.9 Å². The molecule has 1 atom stereocenters. The molecule has 2 aromatic rings. The number of aromatic nitrogens is 1. The molecular formula is C11H12BrFN2. The zero-order chi connectivity index (χ0) is 11.0. The second-order valence-corrected chi connectivity index (χ2v) is 4.55. The van der Waals surface area contributed by atoms with Gasteiger partial charge in [0.15, 0.2) is 0 Å². The minimum Gasteiger partial charge on any atom is -0.349 e. The fraction of sp³-hybridized carbons (Fsp3) is 0.273. The van der Waals surface area contributed by atoms with E-state index in [1.54, 1.807) is 6.07 Å². The number of nitrogens with two attached hydrogens (primary N) is 1. The average Bonchev–Trinajstić information content (AvgIpc) is 2.43. The Kier molecular flexibility index (Phi) is 2.80. The van der Waals surface area contributed by atoms with Crippen molar-refractivity contribution in [3.63, 3.8) is 0 Å². The van der Waals surface area contributed by atoms with Crippen LogP contribution in [-0.4, -0.2) is 11.0 Å². The first-order valence-corrected chi connectivity index (χ1v) is 5.59. The van der Waals surface area contributed by atoms with Gasteiger partial charge in [0, 0.05) is 16.9 Å². The molecule has 0 saturated carbocycles. The summed E-state index contributed by atoms with van der Waals surface area (Å²) in [5.41, 5.74) is 7.45. The fourth-order valence-corrected chi connectivity index (χ4v) is 2.33. The van der Waals surface area contributed by atoms with Gasteiger partial charge in [-0.05, 0) is 47.0 Å². The summed E-state index contributed by atoms with van der Waals surface area (Å²) in [6.07, 6.45) is 0.654. The van der Waals surface area contributed by atoms with Crippen LogP contribution in [0.1, 0.15) is 12.5 Å². The van der Waals surface area contributed by atoms with E-state index in [-0.39, 0.29) is 11.9 Å². The summed E-state index contributed by atoms with van der Waals surface area (Å²) in [4.78, 5) is 3.09. The van der Waals surface area contributed by atoms with Crippen molar-refractivity contribution in [2.45, 2.75) is 19.4 Å². The molecule has 80 valence electrons. The van der Waals surface area contributed by atoms with Crippen LogP contribution in [0.25, 0.3) is 10.9 Å². The molecule has 0 radical (unpaired) electrons. The maximum absolute atomic E-state index is 13.6. The molecular weight excluding hydrogens is 259 g/mol. The molecule has 0 fully saturated rings. The normalized spacial score (nSPS) is 13.3. The van der Waals surface area contributed by atoms with Gasteiger partial charge in [0.25, 0.3) is 0 Å². The molecule has 1 unspecified atom stereocenters. The third-order valence-corrected chi connectivity index (χ3v) is 3.03. The predicted octanol–water partition coefficient (Wildman–Crippen LogP) is 2.96. The summed E-state index contributed by atoms with van der Waals surface area (Å²) in [6, 6.07) is 5.03. The van der Waals surface area contributed by atoms with E-state index in [4.69, 9.17) is 5.73 Å². The second-order valence-electron chi connectivity index (χ2n) is 3.76. The lowest BCUT2D eigenvalue weighted by atomic mass is 10.1. The average molecular weight is 271 g/mol. The fourth-order valence-electron chi connectivity index (χ4n) is 1.75. The molecule has 15 heavy (non-hydrogen) atoms. The molecule has 1 aromatic carbocycles. The van der Waals surface area contributed by atoms with Crippen molar-refractivity contribution in [1.82, 2.24) is 4.98 Å². The molecule has 0 aliphatic rings. The molecule has 0 aliphatic heterocycles. The first-order chi connectivity index (χ1) is 7.09. The highest BCUT2D eigenvalue weighted by atomic mass is 79.9. The number of halogens is 2. The standard InChI is InChI=1S/C11H12BrFN2/c1-6(14)5-7-10-8(13)3-2-4-9(10)15-11(7)12/h2-4,6,15H,5,14H2,1H3. The molecule has 2 nitrogen and oxygen atoms in total. The maximum Gasteiger partial charge on any atom is 0.132 e. The second kappa shape index (κ2) is 3.94. The van der Waals surface area contributed by atoms with E-state index in [9.17, 15) is 4.39 Å². The Morgan fingerprint density at radius 2 is 2.27 bits per heavy atom. The van der Waals surface area contributed by atoms with Crippen LogP contribution in [0.4, 0.5) is 4.39 Å². The zero-order valence-electron chi connectivity index (χ0n) is 8.35. The van der Waals surface area contributed by atoms with Crippen molar-refractivity contribution < 1.29 is 4.39 Å². The van der Waals surface area contributed by atoms with Gasteiger partial charge in [0.1, 0.15) is 5.82 Å². The van der Waals surface area contributed by atoms with E-state index in [1.165, 1.54) is 6.07 Å². The maximum atomic E-state index is 13.6. The summed E-state index contributed by atoms with van der Waals surface area (Å²) >= 11 is 3.39. The number of H-pyrrole nitrogens is 1. The highest BCUT2D eigenvalue weighted by Gasteiger charge is 2.14. The highest BCUT2D eigenvalue weighted by molar-refractivity contribution is 9.10. The van der Waals surface area contributed by atoms with E-state index in [0.717, 1.165) is 15.7 Å². The Bertz CT molecular complexity index is 491. The van der Waals surface area contributed by atoms with Gasteiger partial charge < -0.3 is 10.7 Å². The summed E-state index contributed by atoms with van der Waals surface area (Å²) in [6.45, 7) is 1.91. The van der Waals surface area contributed by atoms with Crippen LogP contribution in [0.5, 0.6) is 0 Å². The number of fused-ring (bicyclic) bond motifs is 1. The number of aromatic amines is 1. The lowest BCUT2D eigenvalue weighted by Crippen LogP contribution is -2.17. The number of nitrogens with one attached hydrogen (secondary N) is 1. The molecule has 0 saturated heterocycles. The summed E-state index contributed by atoms with van der Waals surface area (Å²) in [7, 11) is 0. The van der Waals surface area contributed by atoms with Gasteiger partial charge in [0.05, 0.1) is 4.60 Å². The van der Waals surface area contributed by atoms with Gasteiger partial charge in [-0.25, -0.2) is 4.39 Å². The van der Waals surface area contributed by atoms with E-state index < -0.39 is 0 Å². The van der Waals surface area contributed by atoms with Crippen LogP contribution < -0.4 is 5.73 Å². The lowest BCUT2D eigenvalue weighted by molar-refractivity contribution is 0.637. The van der Waals surface area contributed by atoms with Crippen molar-refractivity contribution in [1.29, 1.82) is 0 Å². The van der Waals surface area contributed by atoms with E-state index >= 15 is 0 Å². The smallest absolute Gasteiger partial charge is 0.132 e. The molecule has 1 heterocycles. The molecule has 1 aromatic heterocycles. The Hall–Kier alpha value is -0.870. The largest absolute Gasteiger partial charge is 0.349 e. The van der Waals surface area contributed by atoms with Gasteiger partial charge >= 0.3 is 0 Å². The van der Waals surface area contributed by atoms with Crippen molar-refractivity contribution in [3.05, 3.63) is 34.2 Å². The Balaban J connectivity index is 2.65. The molecule has 4 heteroatoms. The lowest BCUT2D eigenvalue weighted by Gasteiger charge is -2.04. The third kappa shape index (κ3) is 1.92. The molecule has 0 amide bonds. The number of rotatable bonds is 2. The van der Waals surface area contributed by atoms with E-state index in [0.29, 0.717) is 11.8 Å². The summed E-state index contributed by atoms with van der Waals surface area (Å²) in [5.74, 6) is -0.204. The topological polar surface area (TPSA) is 41.8 Å². The monoisotopic (exact) mass is 270 g/mol. The van der Waals surface area contributed by atoms with Crippen molar-refractivity contribution in [3.8, 4) is 0 Å². The SMILES string of the molecule is CC(N)Cc1c(Br)[nH]c2cccc(F)c12. The van der Waals surface area contributed by atoms with Crippen LogP contribution in [0.3, 0.4) is 0 Å². The number of benzene rings is 1. The van der Waals surface area contributed by atoms with Gasteiger partial charge in [0.2, 0.25) is 0 Å². The quantitative estimate of drug-likeness (QED) is 0.866. The first kappa shape index (κ1) is 10.6. The first-order valence-electron chi connectivity index (χ1n) is 4.79. The van der Waals surface area contributed by atoms with Gasteiger partial charge in [-0.1, -0.05) is 6.07 Å². The molecule has 2 rings (SSSR count). The number of hydrogen-bond acceptors (Lipinski definition) is 1. The van der Waals surface area contributed by atoms with Gasteiger partial charge in [-0.3, -0.25) is 0 Å². The molecule has 0 bridgehead atoms. The van der Waals surface area contributed by atoms with Crippen molar-refractivity contribution in [2.75, 3.05) is 0 Å². The van der Waals surface area contributed by atoms with Crippen molar-refractivity contribution in [2.24, 2.45) is 5.73 Å². The van der Waals surface area contributed by atoms with Crippen LogP contribution in [0, 0.1) is 5.82 Å².